The van der Waals surface area contributed by atoms with E-state index in [2.05, 4.69) is 23.5 Å². The predicted octanol–water partition coefficient (Wildman–Crippen LogP) is 2.96. The molecule has 2 unspecified atom stereocenters. The van der Waals surface area contributed by atoms with Crippen molar-refractivity contribution in [1.82, 2.24) is 5.32 Å². The maximum Gasteiger partial charge on any atom is 0.0991 e. The number of ether oxygens (including phenoxy) is 1. The van der Waals surface area contributed by atoms with Crippen molar-refractivity contribution in [2.45, 2.75) is 12.2 Å². The summed E-state index contributed by atoms with van der Waals surface area (Å²) in [6, 6.07) is 20.0. The first-order chi connectivity index (χ1) is 9.86. The zero-order valence-electron chi connectivity index (χ0n) is 11.1. The smallest absolute Gasteiger partial charge is 0.0991 e. The molecule has 3 rings (SSSR count). The Morgan fingerprint density at radius 1 is 0.950 bits per heavy atom. The Morgan fingerprint density at radius 2 is 1.65 bits per heavy atom. The Bertz CT molecular complexity index is 618. The molecule has 2 aromatic carbocycles. The van der Waals surface area contributed by atoms with Gasteiger partial charge in [0.25, 0.3) is 0 Å². The van der Waals surface area contributed by atoms with Crippen LogP contribution in [0.1, 0.15) is 28.9 Å². The lowest BCUT2D eigenvalue weighted by atomic mass is 10.0. The van der Waals surface area contributed by atoms with Gasteiger partial charge in [-0.2, -0.15) is 5.26 Å². The molecule has 0 amide bonds. The molecule has 0 spiro atoms. The summed E-state index contributed by atoms with van der Waals surface area (Å²) in [6.45, 7) is 1.59. The summed E-state index contributed by atoms with van der Waals surface area (Å²) in [6.07, 6.45) is 0.0444. The van der Waals surface area contributed by atoms with E-state index in [4.69, 9.17) is 10.00 Å². The van der Waals surface area contributed by atoms with Crippen molar-refractivity contribution in [3.63, 3.8) is 0 Å². The second-order valence-corrected chi connectivity index (χ2v) is 4.92. The summed E-state index contributed by atoms with van der Waals surface area (Å²) in [4.78, 5) is 0. The highest BCUT2D eigenvalue weighted by Gasteiger charge is 2.24. The van der Waals surface area contributed by atoms with Gasteiger partial charge in [0, 0.05) is 13.1 Å². The van der Waals surface area contributed by atoms with E-state index in [1.807, 2.05) is 42.5 Å². The third-order valence-electron chi connectivity index (χ3n) is 3.55. The van der Waals surface area contributed by atoms with Crippen LogP contribution >= 0.6 is 0 Å². The first-order valence-electron chi connectivity index (χ1n) is 6.78. The van der Waals surface area contributed by atoms with Gasteiger partial charge >= 0.3 is 0 Å². The van der Waals surface area contributed by atoms with Crippen LogP contribution in [0.5, 0.6) is 0 Å². The van der Waals surface area contributed by atoms with Crippen molar-refractivity contribution in [2.75, 3.05) is 13.1 Å². The van der Waals surface area contributed by atoms with Gasteiger partial charge in [0.15, 0.2) is 0 Å². The molecule has 2 aromatic rings. The topological polar surface area (TPSA) is 45.0 Å². The van der Waals surface area contributed by atoms with Crippen LogP contribution in [0.2, 0.25) is 0 Å². The summed E-state index contributed by atoms with van der Waals surface area (Å²) in [7, 11) is 0. The van der Waals surface area contributed by atoms with Gasteiger partial charge in [-0.1, -0.05) is 42.5 Å². The molecule has 1 aliphatic heterocycles. The van der Waals surface area contributed by atoms with Crippen molar-refractivity contribution < 1.29 is 4.74 Å². The van der Waals surface area contributed by atoms with E-state index >= 15 is 0 Å². The second kappa shape index (κ2) is 5.87. The van der Waals surface area contributed by atoms with Crippen LogP contribution in [0, 0.1) is 11.3 Å². The van der Waals surface area contributed by atoms with Gasteiger partial charge < -0.3 is 10.1 Å². The van der Waals surface area contributed by atoms with E-state index in [1.54, 1.807) is 0 Å². The fraction of sp³-hybridized carbons (Fsp3) is 0.235. The Hall–Kier alpha value is -2.15. The van der Waals surface area contributed by atoms with Crippen LogP contribution in [0.4, 0.5) is 0 Å². The van der Waals surface area contributed by atoms with Gasteiger partial charge in [0.2, 0.25) is 0 Å². The molecule has 1 fully saturated rings. The summed E-state index contributed by atoms with van der Waals surface area (Å²) >= 11 is 0. The number of rotatable bonds is 2. The van der Waals surface area contributed by atoms with Gasteiger partial charge in [0.1, 0.15) is 0 Å². The van der Waals surface area contributed by atoms with Crippen LogP contribution < -0.4 is 5.32 Å². The minimum Gasteiger partial charge on any atom is -0.363 e. The molecule has 20 heavy (non-hydrogen) atoms. The molecule has 1 N–H and O–H groups in total. The molecule has 0 radical (unpaired) electrons. The van der Waals surface area contributed by atoms with Crippen LogP contribution in [0.25, 0.3) is 0 Å². The molecular weight excluding hydrogens is 248 g/mol. The third-order valence-corrected chi connectivity index (χ3v) is 3.55. The number of morpholine rings is 1. The molecule has 1 heterocycles. The molecule has 1 aliphatic rings. The van der Waals surface area contributed by atoms with Gasteiger partial charge in [-0.3, -0.25) is 0 Å². The normalized spacial score (nSPS) is 22.1. The van der Waals surface area contributed by atoms with Crippen molar-refractivity contribution in [3.8, 4) is 6.07 Å². The molecule has 0 aromatic heterocycles. The Kier molecular flexibility index (Phi) is 3.78. The van der Waals surface area contributed by atoms with E-state index in [0.29, 0.717) is 5.56 Å². The molecule has 0 aliphatic carbocycles. The fourth-order valence-electron chi connectivity index (χ4n) is 2.51. The van der Waals surface area contributed by atoms with Crippen molar-refractivity contribution >= 4 is 0 Å². The quantitative estimate of drug-likeness (QED) is 0.907. The lowest BCUT2D eigenvalue weighted by Crippen LogP contribution is -2.35. The zero-order chi connectivity index (χ0) is 13.8. The number of nitrogens with one attached hydrogen (secondary N) is 1. The molecule has 2 atom stereocenters. The molecule has 100 valence electrons. The number of nitriles is 1. The number of hydrogen-bond donors (Lipinski definition) is 1. The first kappa shape index (κ1) is 12.9. The first-order valence-corrected chi connectivity index (χ1v) is 6.78. The standard InChI is InChI=1S/C17H16N2O/c18-10-13-5-4-8-15(9-13)17-12-19-11-16(20-17)14-6-2-1-3-7-14/h1-9,16-17,19H,11-12H2. The molecule has 0 saturated carbocycles. The van der Waals surface area contributed by atoms with Crippen LogP contribution in [0.3, 0.4) is 0 Å². The zero-order valence-corrected chi connectivity index (χ0v) is 11.1. The van der Waals surface area contributed by atoms with Gasteiger partial charge in [-0.15, -0.1) is 0 Å². The SMILES string of the molecule is N#Cc1cccc(C2CNCC(c3ccccc3)O2)c1. The van der Waals surface area contributed by atoms with Crippen molar-refractivity contribution in [3.05, 3.63) is 71.3 Å². The maximum atomic E-state index is 8.98. The second-order valence-electron chi connectivity index (χ2n) is 4.92. The molecule has 1 saturated heterocycles. The molecular formula is C17H16N2O. The van der Waals surface area contributed by atoms with Gasteiger partial charge in [-0.25, -0.2) is 0 Å². The minimum absolute atomic E-state index is 0.0118. The highest BCUT2D eigenvalue weighted by atomic mass is 16.5. The van der Waals surface area contributed by atoms with Crippen molar-refractivity contribution in [2.24, 2.45) is 0 Å². The Labute approximate surface area is 118 Å². The van der Waals surface area contributed by atoms with Gasteiger partial charge in [0.05, 0.1) is 23.8 Å². The van der Waals surface area contributed by atoms with E-state index < -0.39 is 0 Å². The highest BCUT2D eigenvalue weighted by Crippen LogP contribution is 2.29. The Balaban J connectivity index is 1.80. The average Bonchev–Trinajstić information content (AvgIpc) is 2.56. The monoisotopic (exact) mass is 264 g/mol. The average molecular weight is 264 g/mol. The minimum atomic E-state index is -0.0118. The third kappa shape index (κ3) is 2.72. The lowest BCUT2D eigenvalue weighted by Gasteiger charge is -2.31. The number of hydrogen-bond acceptors (Lipinski definition) is 3. The summed E-state index contributed by atoms with van der Waals surface area (Å²) < 4.78 is 6.19. The lowest BCUT2D eigenvalue weighted by molar-refractivity contribution is -0.0406. The van der Waals surface area contributed by atoms with Crippen LogP contribution in [0.15, 0.2) is 54.6 Å². The van der Waals surface area contributed by atoms with Crippen LogP contribution in [-0.4, -0.2) is 13.1 Å². The fourth-order valence-corrected chi connectivity index (χ4v) is 2.51. The molecule has 0 bridgehead atoms. The maximum absolute atomic E-state index is 8.98. The van der Waals surface area contributed by atoms with Crippen LogP contribution in [-0.2, 0) is 4.74 Å². The predicted molar refractivity (Wildman–Crippen MR) is 77.0 cm³/mol. The number of nitrogens with zero attached hydrogens (tertiary/aromatic N) is 1. The highest BCUT2D eigenvalue weighted by molar-refractivity contribution is 5.34. The van der Waals surface area contributed by atoms with E-state index in [1.165, 1.54) is 5.56 Å². The molecule has 3 heteroatoms. The Morgan fingerprint density at radius 3 is 2.40 bits per heavy atom. The summed E-state index contributed by atoms with van der Waals surface area (Å²) in [5, 5.41) is 12.4. The van der Waals surface area contributed by atoms with E-state index in [9.17, 15) is 0 Å². The summed E-state index contributed by atoms with van der Waals surface area (Å²) in [5.41, 5.74) is 2.91. The number of benzene rings is 2. The van der Waals surface area contributed by atoms with Crippen molar-refractivity contribution in [1.29, 1.82) is 5.26 Å². The largest absolute Gasteiger partial charge is 0.363 e. The van der Waals surface area contributed by atoms with E-state index in [-0.39, 0.29) is 12.2 Å². The van der Waals surface area contributed by atoms with Gasteiger partial charge in [-0.05, 0) is 23.3 Å². The van der Waals surface area contributed by atoms with E-state index in [0.717, 1.165) is 18.7 Å². The molecule has 3 nitrogen and oxygen atoms in total. The summed E-state index contributed by atoms with van der Waals surface area (Å²) in [5.74, 6) is 0.